The van der Waals surface area contributed by atoms with Crippen molar-refractivity contribution in [2.75, 3.05) is 0 Å². The van der Waals surface area contributed by atoms with Crippen LogP contribution in [0.5, 0.6) is 0 Å². The topological polar surface area (TPSA) is 118 Å². The van der Waals surface area contributed by atoms with Crippen LogP contribution in [0.3, 0.4) is 0 Å². The zero-order valence-electron chi connectivity index (χ0n) is 71.8. The molecule has 0 saturated heterocycles. The molecule has 0 saturated carbocycles. The standard InChI is InChI=1S/C38H32N3O2.C36H38N3O.C32H30N3O/c1-21-17-22(2)19-26(18-21)37-39-41(34-24(4)20-30-28-12-8-10-14-32(28)42-35(30)25(34)5)38(40(37)6)33-23(3)15-16-29-27-11-7-9-13-31(27)43-36(29)33;1-21(2)29-20-30-28-15-11-12-16-31(28)40-34(30)32(22(3)4)33(29)39-36(27-14-10-9-13-25(27)7)38(8)35(37-39)26-18-23(5)17-24(6)19-26;1-19-15-20(2)17-24(16-19)31-33-35(32(34(31)6)25-12-8-7-11-21(25)3)29-22(4)18-27-26-13-9-10-14-28(26)36-30(27)23(29)5/h7-20H,1-6H3;9-22H,1-8H3;7-18H,1-6H3/q3*+1. The Morgan fingerprint density at radius 1 is 0.277 bits per heavy atom. The van der Waals surface area contributed by atoms with Gasteiger partial charge in [0.05, 0.1) is 69.8 Å². The number of aryl methyl sites for hydroxylation is 13. The SMILES string of the molecule is Cc1cc(C)cc(-c2nn(-c3c(C(C)C)cc4c(oc5ccccc54)c3C(C)C)c(-c3ccccc3C)[n+]2C)c1.Cc1cc(C)cc(-c2nn(-c3c(C)cc4c(oc5ccccc54)c3C)c(-c3c(C)ccc4c3oc3ccccc34)[n+]2C)c1.Cc1cc(C)cc(-c2nn(-c3c(C)cc4c(oc5ccccc54)c3C)c(-c3ccccc3C)[n+]2C)c1. The van der Waals surface area contributed by atoms with Crippen LogP contribution in [0, 0.1) is 90.0 Å². The Bertz CT molecular complexity index is 7460. The Hall–Kier alpha value is -13.5. The summed E-state index contributed by atoms with van der Waals surface area (Å²) in [6, 6.07) is 81.3. The van der Waals surface area contributed by atoms with Gasteiger partial charge in [0, 0.05) is 59.8 Å². The third-order valence-corrected chi connectivity index (χ3v) is 24.0. The lowest BCUT2D eigenvalue weighted by molar-refractivity contribution is -0.649. The molecule has 0 aliphatic carbocycles. The maximum Gasteiger partial charge on any atom is 0.309 e. The molecular formula is C106H100N9O4+3. The van der Waals surface area contributed by atoms with Crippen molar-refractivity contribution in [2.45, 2.75) is 130 Å². The van der Waals surface area contributed by atoms with E-state index in [1.165, 1.54) is 66.6 Å². The number of nitrogens with zero attached hydrogens (tertiary/aromatic N) is 9. The zero-order valence-corrected chi connectivity index (χ0v) is 71.8. The fourth-order valence-corrected chi connectivity index (χ4v) is 18.7. The molecule has 0 aliphatic heterocycles. The first-order valence-electron chi connectivity index (χ1n) is 41.4. The highest BCUT2D eigenvalue weighted by molar-refractivity contribution is 6.11. The van der Waals surface area contributed by atoms with Crippen LogP contribution in [0.4, 0.5) is 0 Å². The minimum absolute atomic E-state index is 0.223. The quantitative estimate of drug-likeness (QED) is 0.118. The maximum atomic E-state index is 6.62. The van der Waals surface area contributed by atoms with Gasteiger partial charge in [0.25, 0.3) is 17.5 Å². The number of aromatic nitrogens is 9. The van der Waals surface area contributed by atoms with Crippen LogP contribution in [-0.2, 0) is 21.1 Å². The minimum Gasteiger partial charge on any atom is -0.456 e. The van der Waals surface area contributed by atoms with Crippen molar-refractivity contribution in [3.63, 3.8) is 0 Å². The summed E-state index contributed by atoms with van der Waals surface area (Å²) in [6.45, 7) is 37.0. The second-order valence-corrected chi connectivity index (χ2v) is 33.6. The second-order valence-electron chi connectivity index (χ2n) is 33.6. The van der Waals surface area contributed by atoms with Gasteiger partial charge in [-0.25, -0.2) is 13.7 Å². The molecule has 0 spiro atoms. The molecule has 20 rings (SSSR count). The summed E-state index contributed by atoms with van der Waals surface area (Å²) >= 11 is 0. The lowest BCUT2D eigenvalue weighted by Crippen LogP contribution is -2.32. The van der Waals surface area contributed by atoms with E-state index in [1.807, 2.05) is 42.5 Å². The minimum atomic E-state index is 0.223. The van der Waals surface area contributed by atoms with Gasteiger partial charge in [-0.3, -0.25) is 0 Å². The maximum absolute atomic E-state index is 6.62. The van der Waals surface area contributed by atoms with Crippen LogP contribution in [-0.4, -0.2) is 29.3 Å². The van der Waals surface area contributed by atoms with E-state index in [0.717, 1.165) is 190 Å². The van der Waals surface area contributed by atoms with Gasteiger partial charge < -0.3 is 17.7 Å². The molecule has 0 fully saturated rings. The fourth-order valence-electron chi connectivity index (χ4n) is 18.7. The van der Waals surface area contributed by atoms with Gasteiger partial charge >= 0.3 is 17.5 Å². The molecule has 13 aromatic carbocycles. The molecule has 0 atom stereocenters. The Labute approximate surface area is 694 Å². The summed E-state index contributed by atoms with van der Waals surface area (Å²) < 4.78 is 39.2. The molecule has 0 aliphatic rings. The normalized spacial score (nSPS) is 11.8. The van der Waals surface area contributed by atoms with Crippen LogP contribution in [0.25, 0.3) is 173 Å². The van der Waals surface area contributed by atoms with Crippen LogP contribution >= 0.6 is 0 Å². The molecule has 20 aromatic rings. The number of hydrogen-bond donors (Lipinski definition) is 0. The second kappa shape index (κ2) is 29.9. The highest BCUT2D eigenvalue weighted by Crippen LogP contribution is 2.46. The van der Waals surface area contributed by atoms with Crippen molar-refractivity contribution in [1.82, 2.24) is 29.3 Å². The van der Waals surface area contributed by atoms with E-state index in [0.29, 0.717) is 0 Å². The molecular weight excluding hydrogens is 1460 g/mol. The van der Waals surface area contributed by atoms with Gasteiger partial charge in [0.15, 0.2) is 17.1 Å². The summed E-state index contributed by atoms with van der Waals surface area (Å²) in [6.07, 6.45) is 0. The summed E-state index contributed by atoms with van der Waals surface area (Å²) in [7, 11) is 6.36. The lowest BCUT2D eigenvalue weighted by Gasteiger charge is -2.18. The molecule has 119 heavy (non-hydrogen) atoms. The number of furan rings is 4. The monoisotopic (exact) mass is 1560 g/mol. The van der Waals surface area contributed by atoms with Crippen molar-refractivity contribution in [2.24, 2.45) is 21.1 Å². The van der Waals surface area contributed by atoms with E-state index in [1.54, 1.807) is 0 Å². The van der Waals surface area contributed by atoms with Crippen molar-refractivity contribution in [1.29, 1.82) is 0 Å². The molecule has 0 bridgehead atoms. The number of rotatable bonds is 11. The van der Waals surface area contributed by atoms with E-state index < -0.39 is 0 Å². The summed E-state index contributed by atoms with van der Waals surface area (Å²) in [5.41, 5.74) is 34.9. The van der Waals surface area contributed by atoms with Gasteiger partial charge in [-0.05, 0) is 226 Å². The largest absolute Gasteiger partial charge is 0.456 e. The summed E-state index contributed by atoms with van der Waals surface area (Å²) in [5.74, 6) is 6.34. The molecule has 590 valence electrons. The Morgan fingerprint density at radius 2 is 0.605 bits per heavy atom. The number of fused-ring (bicyclic) bond motifs is 12. The summed E-state index contributed by atoms with van der Waals surface area (Å²) in [5, 5.41) is 25.2. The first kappa shape index (κ1) is 76.8. The highest BCUT2D eigenvalue weighted by atomic mass is 16.3. The van der Waals surface area contributed by atoms with Crippen LogP contribution in [0.15, 0.2) is 248 Å². The average molecular weight is 1560 g/mol. The third-order valence-electron chi connectivity index (χ3n) is 24.0. The van der Waals surface area contributed by atoms with E-state index >= 15 is 0 Å². The number of hydrogen-bond acceptors (Lipinski definition) is 7. The molecule has 0 amide bonds. The van der Waals surface area contributed by atoms with Crippen LogP contribution < -0.4 is 13.7 Å². The molecule has 7 heterocycles. The zero-order chi connectivity index (χ0) is 83.0. The molecule has 0 radical (unpaired) electrons. The van der Waals surface area contributed by atoms with Gasteiger partial charge in [-0.2, -0.15) is 0 Å². The Balaban J connectivity index is 0.000000123. The van der Waals surface area contributed by atoms with E-state index in [9.17, 15) is 0 Å². The predicted molar refractivity (Wildman–Crippen MR) is 486 cm³/mol. The van der Waals surface area contributed by atoms with Crippen molar-refractivity contribution >= 4 is 87.8 Å². The predicted octanol–water partition coefficient (Wildman–Crippen LogP) is 25.9. The Kier molecular flexibility index (Phi) is 19.3. The smallest absolute Gasteiger partial charge is 0.309 e. The van der Waals surface area contributed by atoms with E-state index in [2.05, 4.69) is 355 Å². The van der Waals surface area contributed by atoms with Gasteiger partial charge in [-0.1, -0.05) is 215 Å². The molecule has 0 N–H and O–H groups in total. The number of para-hydroxylation sites is 4. The average Bonchev–Trinajstić information content (AvgIpc) is 1.59. The molecule has 13 heteroatoms. The van der Waals surface area contributed by atoms with Crippen molar-refractivity contribution < 1.29 is 31.4 Å². The Morgan fingerprint density at radius 3 is 0.992 bits per heavy atom. The highest BCUT2D eigenvalue weighted by Gasteiger charge is 2.38. The third kappa shape index (κ3) is 13.1. The summed E-state index contributed by atoms with van der Waals surface area (Å²) in [4.78, 5) is 0. The first-order valence-corrected chi connectivity index (χ1v) is 41.4. The van der Waals surface area contributed by atoms with Gasteiger partial charge in [-0.15, -0.1) is 0 Å². The van der Waals surface area contributed by atoms with Gasteiger partial charge in [0.2, 0.25) is 0 Å². The molecule has 0 unspecified atom stereocenters. The van der Waals surface area contributed by atoms with Crippen molar-refractivity contribution in [3.05, 3.63) is 314 Å². The molecule has 13 nitrogen and oxygen atoms in total. The fraction of sp³-hybridized carbons (Fsp3) is 0.208. The van der Waals surface area contributed by atoms with E-state index in [-0.39, 0.29) is 11.8 Å². The molecule has 7 aromatic heterocycles. The van der Waals surface area contributed by atoms with Crippen LogP contribution in [0.2, 0.25) is 0 Å². The number of benzene rings is 13. The van der Waals surface area contributed by atoms with Crippen molar-refractivity contribution in [3.8, 4) is 85.4 Å². The van der Waals surface area contributed by atoms with Gasteiger partial charge in [0.1, 0.15) is 44.7 Å². The van der Waals surface area contributed by atoms with E-state index in [4.69, 9.17) is 33.0 Å². The first-order chi connectivity index (χ1) is 57.3. The lowest BCUT2D eigenvalue weighted by atomic mass is 9.90. The van der Waals surface area contributed by atoms with Crippen LogP contribution in [0.1, 0.15) is 123 Å².